The normalized spacial score (nSPS) is 11.3. The highest BCUT2D eigenvalue weighted by Gasteiger charge is 2.12. The van der Waals surface area contributed by atoms with Gasteiger partial charge in [0.25, 0.3) is 10.2 Å². The average molecular weight is 300 g/mol. The van der Waals surface area contributed by atoms with Gasteiger partial charge < -0.3 is 10.6 Å². The van der Waals surface area contributed by atoms with Gasteiger partial charge in [-0.3, -0.25) is 4.72 Å². The fourth-order valence-corrected chi connectivity index (χ4v) is 2.85. The van der Waals surface area contributed by atoms with Gasteiger partial charge in [-0.1, -0.05) is 6.92 Å². The largest absolute Gasteiger partial charge is 0.397 e. The number of benzene rings is 1. The second-order valence-electron chi connectivity index (χ2n) is 4.44. The molecule has 4 N–H and O–H groups in total. The minimum atomic E-state index is -3.57. The standard InChI is InChI=1S/C13H24N4O2S/c1-4-9-15-20(18,19)16-13-10-11(7-8-12(13)14)17(5-2)6-3/h7-8,10,15-16H,4-6,9,14H2,1-3H3. The van der Waals surface area contributed by atoms with Crippen molar-refractivity contribution < 1.29 is 8.42 Å². The number of rotatable bonds is 8. The molecule has 0 unspecified atom stereocenters. The lowest BCUT2D eigenvalue weighted by Crippen LogP contribution is -2.31. The number of nitrogen functional groups attached to an aromatic ring is 1. The minimum Gasteiger partial charge on any atom is -0.397 e. The van der Waals surface area contributed by atoms with E-state index in [1.54, 1.807) is 12.1 Å². The number of nitrogens with zero attached hydrogens (tertiary/aromatic N) is 1. The zero-order valence-electron chi connectivity index (χ0n) is 12.3. The van der Waals surface area contributed by atoms with E-state index in [4.69, 9.17) is 5.73 Å². The van der Waals surface area contributed by atoms with Crippen LogP contribution in [0.4, 0.5) is 17.1 Å². The van der Waals surface area contributed by atoms with Crippen molar-refractivity contribution in [2.45, 2.75) is 27.2 Å². The van der Waals surface area contributed by atoms with Crippen molar-refractivity contribution in [3.8, 4) is 0 Å². The van der Waals surface area contributed by atoms with Crippen LogP contribution in [0.25, 0.3) is 0 Å². The van der Waals surface area contributed by atoms with E-state index in [9.17, 15) is 8.42 Å². The molecule has 0 amide bonds. The molecule has 6 nitrogen and oxygen atoms in total. The summed E-state index contributed by atoms with van der Waals surface area (Å²) in [6, 6.07) is 5.36. The van der Waals surface area contributed by atoms with Crippen molar-refractivity contribution in [1.82, 2.24) is 4.72 Å². The molecule has 0 aliphatic carbocycles. The summed E-state index contributed by atoms with van der Waals surface area (Å²) in [5, 5.41) is 0. The van der Waals surface area contributed by atoms with Gasteiger partial charge in [0.1, 0.15) is 0 Å². The van der Waals surface area contributed by atoms with E-state index in [0.717, 1.165) is 25.2 Å². The van der Waals surface area contributed by atoms with Crippen LogP contribution in [-0.2, 0) is 10.2 Å². The minimum absolute atomic E-state index is 0.394. The van der Waals surface area contributed by atoms with Crippen LogP contribution >= 0.6 is 0 Å². The molecule has 0 fully saturated rings. The Hall–Kier alpha value is -1.47. The van der Waals surface area contributed by atoms with E-state index in [-0.39, 0.29) is 0 Å². The molecule has 0 heterocycles. The van der Waals surface area contributed by atoms with Crippen LogP contribution < -0.4 is 20.1 Å². The van der Waals surface area contributed by atoms with Crippen LogP contribution in [0.2, 0.25) is 0 Å². The van der Waals surface area contributed by atoms with Crippen LogP contribution in [0, 0.1) is 0 Å². The third-order valence-electron chi connectivity index (χ3n) is 2.95. The van der Waals surface area contributed by atoms with E-state index < -0.39 is 10.2 Å². The fourth-order valence-electron chi connectivity index (χ4n) is 1.84. The molecule has 1 aromatic rings. The molecule has 0 aliphatic heterocycles. The second-order valence-corrected chi connectivity index (χ2v) is 5.94. The third kappa shape index (κ3) is 4.57. The van der Waals surface area contributed by atoms with Gasteiger partial charge >= 0.3 is 0 Å². The Morgan fingerprint density at radius 1 is 1.20 bits per heavy atom. The highest BCUT2D eigenvalue weighted by molar-refractivity contribution is 7.90. The molecule has 1 aromatic carbocycles. The van der Waals surface area contributed by atoms with E-state index in [2.05, 4.69) is 14.3 Å². The Morgan fingerprint density at radius 3 is 2.40 bits per heavy atom. The summed E-state index contributed by atoms with van der Waals surface area (Å²) in [5.41, 5.74) is 7.58. The molecular formula is C13H24N4O2S. The molecule has 0 saturated carbocycles. The predicted molar refractivity (Wildman–Crippen MR) is 85.3 cm³/mol. The summed E-state index contributed by atoms with van der Waals surface area (Å²) in [6.45, 7) is 8.09. The van der Waals surface area contributed by atoms with Crippen molar-refractivity contribution >= 4 is 27.3 Å². The number of nitrogens with one attached hydrogen (secondary N) is 2. The van der Waals surface area contributed by atoms with Gasteiger partial charge in [-0.25, -0.2) is 0 Å². The Kier molecular flexibility index (Phi) is 6.09. The van der Waals surface area contributed by atoms with Gasteiger partial charge in [-0.15, -0.1) is 0 Å². The van der Waals surface area contributed by atoms with E-state index in [1.165, 1.54) is 0 Å². The highest BCUT2D eigenvalue weighted by atomic mass is 32.2. The molecule has 0 aromatic heterocycles. The van der Waals surface area contributed by atoms with Crippen molar-refractivity contribution in [1.29, 1.82) is 0 Å². The molecule has 0 radical (unpaired) electrons. The van der Waals surface area contributed by atoms with Crippen LogP contribution in [0.1, 0.15) is 27.2 Å². The smallest absolute Gasteiger partial charge is 0.299 e. The van der Waals surface area contributed by atoms with Crippen LogP contribution in [0.5, 0.6) is 0 Å². The summed E-state index contributed by atoms with van der Waals surface area (Å²) in [7, 11) is -3.57. The number of hydrogen-bond donors (Lipinski definition) is 3. The first-order chi connectivity index (χ1) is 9.43. The van der Waals surface area contributed by atoms with Crippen molar-refractivity contribution in [3.05, 3.63) is 18.2 Å². The summed E-state index contributed by atoms with van der Waals surface area (Å²) < 4.78 is 28.6. The molecule has 0 saturated heterocycles. The SMILES string of the molecule is CCCNS(=O)(=O)Nc1cc(N(CC)CC)ccc1N. The average Bonchev–Trinajstić information content (AvgIpc) is 2.41. The quantitative estimate of drug-likeness (QED) is 0.639. The zero-order chi connectivity index (χ0) is 15.2. The van der Waals surface area contributed by atoms with Crippen LogP contribution in [-0.4, -0.2) is 28.1 Å². The topological polar surface area (TPSA) is 87.5 Å². The monoisotopic (exact) mass is 300 g/mol. The molecule has 0 bridgehead atoms. The lowest BCUT2D eigenvalue weighted by molar-refractivity contribution is 0.586. The zero-order valence-corrected chi connectivity index (χ0v) is 13.1. The van der Waals surface area contributed by atoms with Gasteiger partial charge in [0.2, 0.25) is 0 Å². The van der Waals surface area contributed by atoms with Gasteiger partial charge in [-0.05, 0) is 38.5 Å². The molecule has 0 atom stereocenters. The van der Waals surface area contributed by atoms with Crippen LogP contribution in [0.3, 0.4) is 0 Å². The van der Waals surface area contributed by atoms with Gasteiger partial charge in [0.15, 0.2) is 0 Å². The summed E-state index contributed by atoms with van der Waals surface area (Å²) >= 11 is 0. The molecule has 1 rings (SSSR count). The van der Waals surface area contributed by atoms with Gasteiger partial charge in [-0.2, -0.15) is 13.1 Å². The molecule has 0 aliphatic rings. The Bertz CT molecular complexity index is 527. The Morgan fingerprint density at radius 2 is 1.85 bits per heavy atom. The first-order valence-corrected chi connectivity index (χ1v) is 8.33. The highest BCUT2D eigenvalue weighted by Crippen LogP contribution is 2.26. The molecule has 0 spiro atoms. The maximum Gasteiger partial charge on any atom is 0.299 e. The second kappa shape index (κ2) is 7.35. The Balaban J connectivity index is 2.97. The summed E-state index contributed by atoms with van der Waals surface area (Å²) in [5.74, 6) is 0. The lowest BCUT2D eigenvalue weighted by atomic mass is 10.2. The third-order valence-corrected chi connectivity index (χ3v) is 4.02. The fraction of sp³-hybridized carbons (Fsp3) is 0.538. The van der Waals surface area contributed by atoms with Gasteiger partial charge in [0, 0.05) is 25.3 Å². The summed E-state index contributed by atoms with van der Waals surface area (Å²) in [6.07, 6.45) is 0.732. The molecular weight excluding hydrogens is 276 g/mol. The van der Waals surface area contributed by atoms with Crippen molar-refractivity contribution in [2.24, 2.45) is 0 Å². The van der Waals surface area contributed by atoms with E-state index in [0.29, 0.717) is 17.9 Å². The summed E-state index contributed by atoms with van der Waals surface area (Å²) in [4.78, 5) is 2.12. The first kappa shape index (κ1) is 16.6. The molecule has 7 heteroatoms. The van der Waals surface area contributed by atoms with Crippen LogP contribution in [0.15, 0.2) is 18.2 Å². The van der Waals surface area contributed by atoms with Crippen molar-refractivity contribution in [2.75, 3.05) is 35.0 Å². The number of nitrogens with two attached hydrogens (primary N) is 1. The van der Waals surface area contributed by atoms with Gasteiger partial charge in [0.05, 0.1) is 11.4 Å². The Labute approximate surface area is 121 Å². The maximum atomic E-state index is 11.8. The maximum absolute atomic E-state index is 11.8. The predicted octanol–water partition coefficient (Wildman–Crippen LogP) is 1.77. The lowest BCUT2D eigenvalue weighted by Gasteiger charge is -2.22. The van der Waals surface area contributed by atoms with Crippen molar-refractivity contribution in [3.63, 3.8) is 0 Å². The molecule has 114 valence electrons. The van der Waals surface area contributed by atoms with E-state index in [1.807, 2.05) is 26.8 Å². The number of anilines is 3. The van der Waals surface area contributed by atoms with E-state index >= 15 is 0 Å². The molecule has 20 heavy (non-hydrogen) atoms. The first-order valence-electron chi connectivity index (χ1n) is 6.85. The number of hydrogen-bond acceptors (Lipinski definition) is 4.